The number of rotatable bonds is 8. The second-order valence-electron chi connectivity index (χ2n) is 6.73. The Hall–Kier alpha value is -3.49. The molecule has 3 aromatic rings. The second kappa shape index (κ2) is 10.9. The monoisotopic (exact) mass is 413 g/mol. The standard InChI is InChI=1S/C25H23N3OS/c1-19-8-7-9-20(16-19)14-15-27-18-21(17-26)25(29)28-23-12-5-6-13-24(23)30-22-10-3-2-4-11-22/h2-13,16,18,27H,14-15H2,1H3,(H,28,29)/b21-18-. The lowest BCUT2D eigenvalue weighted by Crippen LogP contribution is -2.18. The molecule has 0 aromatic heterocycles. The van der Waals surface area contributed by atoms with Crippen molar-refractivity contribution in [3.63, 3.8) is 0 Å². The summed E-state index contributed by atoms with van der Waals surface area (Å²) in [6.07, 6.45) is 2.30. The molecule has 2 N–H and O–H groups in total. The molecule has 0 aliphatic carbocycles. The maximum atomic E-state index is 12.6. The Balaban J connectivity index is 1.61. The molecule has 0 bridgehead atoms. The molecule has 0 spiro atoms. The van der Waals surface area contributed by atoms with Crippen LogP contribution in [0.15, 0.2) is 100 Å². The van der Waals surface area contributed by atoms with E-state index in [9.17, 15) is 10.1 Å². The van der Waals surface area contributed by atoms with E-state index in [2.05, 4.69) is 35.8 Å². The van der Waals surface area contributed by atoms with Gasteiger partial charge in [0.2, 0.25) is 0 Å². The minimum atomic E-state index is -0.429. The van der Waals surface area contributed by atoms with E-state index in [4.69, 9.17) is 0 Å². The first-order chi connectivity index (χ1) is 14.7. The maximum absolute atomic E-state index is 12.6. The van der Waals surface area contributed by atoms with Crippen molar-refractivity contribution in [2.24, 2.45) is 0 Å². The number of carbonyl (C=O) groups excluding carboxylic acids is 1. The smallest absolute Gasteiger partial charge is 0.267 e. The van der Waals surface area contributed by atoms with Crippen molar-refractivity contribution >= 4 is 23.4 Å². The van der Waals surface area contributed by atoms with Gasteiger partial charge in [0.05, 0.1) is 5.69 Å². The van der Waals surface area contributed by atoms with Gasteiger partial charge in [0.25, 0.3) is 5.91 Å². The van der Waals surface area contributed by atoms with Crippen LogP contribution in [-0.2, 0) is 11.2 Å². The SMILES string of the molecule is Cc1cccc(CCN/C=C(/C#N)C(=O)Nc2ccccc2Sc2ccccc2)c1. The highest BCUT2D eigenvalue weighted by molar-refractivity contribution is 7.99. The first-order valence-corrected chi connectivity index (χ1v) is 10.5. The third kappa shape index (κ3) is 6.26. The molecule has 0 saturated heterocycles. The van der Waals surface area contributed by atoms with Crippen molar-refractivity contribution in [2.75, 3.05) is 11.9 Å². The van der Waals surface area contributed by atoms with Crippen LogP contribution in [0.3, 0.4) is 0 Å². The number of nitriles is 1. The number of nitrogens with zero attached hydrogens (tertiary/aromatic N) is 1. The summed E-state index contributed by atoms with van der Waals surface area (Å²) in [4.78, 5) is 14.6. The van der Waals surface area contributed by atoms with Crippen molar-refractivity contribution in [1.29, 1.82) is 5.26 Å². The quantitative estimate of drug-likeness (QED) is 0.298. The van der Waals surface area contributed by atoms with Crippen LogP contribution in [0.1, 0.15) is 11.1 Å². The van der Waals surface area contributed by atoms with Crippen LogP contribution in [0, 0.1) is 18.3 Å². The fraction of sp³-hybridized carbons (Fsp3) is 0.120. The zero-order valence-corrected chi connectivity index (χ0v) is 17.6. The molecule has 5 heteroatoms. The minimum absolute atomic E-state index is 0.0405. The Morgan fingerprint density at radius 3 is 2.57 bits per heavy atom. The third-order valence-corrected chi connectivity index (χ3v) is 5.44. The molecule has 0 saturated carbocycles. The Morgan fingerprint density at radius 2 is 1.80 bits per heavy atom. The van der Waals surface area contributed by atoms with Gasteiger partial charge in [-0.15, -0.1) is 0 Å². The molecule has 0 unspecified atom stereocenters. The van der Waals surface area contributed by atoms with Gasteiger partial charge in [-0.25, -0.2) is 0 Å². The van der Waals surface area contributed by atoms with Crippen LogP contribution in [0.5, 0.6) is 0 Å². The van der Waals surface area contributed by atoms with Gasteiger partial charge in [0, 0.05) is 22.5 Å². The molecule has 1 amide bonds. The maximum Gasteiger partial charge on any atom is 0.267 e. The summed E-state index contributed by atoms with van der Waals surface area (Å²) in [5, 5.41) is 15.3. The molecule has 0 radical (unpaired) electrons. The lowest BCUT2D eigenvalue weighted by Gasteiger charge is -2.10. The summed E-state index contributed by atoms with van der Waals surface area (Å²) in [6, 6.07) is 27.8. The topological polar surface area (TPSA) is 64.9 Å². The van der Waals surface area contributed by atoms with Gasteiger partial charge in [0.1, 0.15) is 11.6 Å². The first-order valence-electron chi connectivity index (χ1n) is 9.68. The Kier molecular flexibility index (Phi) is 7.71. The fourth-order valence-electron chi connectivity index (χ4n) is 2.87. The van der Waals surface area contributed by atoms with E-state index in [1.54, 1.807) is 11.8 Å². The molecule has 0 fully saturated rings. The lowest BCUT2D eigenvalue weighted by molar-refractivity contribution is -0.112. The summed E-state index contributed by atoms with van der Waals surface area (Å²) in [5.41, 5.74) is 3.15. The zero-order chi connectivity index (χ0) is 21.2. The van der Waals surface area contributed by atoms with Crippen molar-refractivity contribution in [3.8, 4) is 6.07 Å². The minimum Gasteiger partial charge on any atom is -0.389 e. The van der Waals surface area contributed by atoms with Crippen LogP contribution in [-0.4, -0.2) is 12.5 Å². The lowest BCUT2D eigenvalue weighted by atomic mass is 10.1. The fourth-order valence-corrected chi connectivity index (χ4v) is 3.79. The molecule has 4 nitrogen and oxygen atoms in total. The van der Waals surface area contributed by atoms with Crippen molar-refractivity contribution < 1.29 is 4.79 Å². The highest BCUT2D eigenvalue weighted by Gasteiger charge is 2.12. The van der Waals surface area contributed by atoms with E-state index in [1.807, 2.05) is 66.7 Å². The number of carbonyl (C=O) groups is 1. The molecule has 0 heterocycles. The molecular formula is C25H23N3OS. The van der Waals surface area contributed by atoms with Gasteiger partial charge >= 0.3 is 0 Å². The van der Waals surface area contributed by atoms with E-state index < -0.39 is 5.91 Å². The van der Waals surface area contributed by atoms with Crippen molar-refractivity contribution in [2.45, 2.75) is 23.1 Å². The summed E-state index contributed by atoms with van der Waals surface area (Å²) in [5.74, 6) is -0.429. The number of benzene rings is 3. The molecule has 150 valence electrons. The van der Waals surface area contributed by atoms with Crippen molar-refractivity contribution in [3.05, 3.63) is 102 Å². The number of para-hydroxylation sites is 1. The highest BCUT2D eigenvalue weighted by Crippen LogP contribution is 2.33. The normalized spacial score (nSPS) is 10.9. The average molecular weight is 414 g/mol. The first kappa shape index (κ1) is 21.2. The molecule has 30 heavy (non-hydrogen) atoms. The van der Waals surface area contributed by atoms with Crippen LogP contribution in [0.2, 0.25) is 0 Å². The van der Waals surface area contributed by atoms with Gasteiger partial charge in [-0.05, 0) is 43.2 Å². The van der Waals surface area contributed by atoms with E-state index in [0.29, 0.717) is 12.2 Å². The molecular weight excluding hydrogens is 390 g/mol. The van der Waals surface area contributed by atoms with Gasteiger partial charge in [0.15, 0.2) is 0 Å². The zero-order valence-electron chi connectivity index (χ0n) is 16.8. The van der Waals surface area contributed by atoms with E-state index in [1.165, 1.54) is 17.3 Å². The van der Waals surface area contributed by atoms with Crippen molar-refractivity contribution in [1.82, 2.24) is 5.32 Å². The number of anilines is 1. The van der Waals surface area contributed by atoms with Crippen LogP contribution in [0.4, 0.5) is 5.69 Å². The van der Waals surface area contributed by atoms with Gasteiger partial charge < -0.3 is 10.6 Å². The number of amides is 1. The molecule has 0 atom stereocenters. The highest BCUT2D eigenvalue weighted by atomic mass is 32.2. The van der Waals surface area contributed by atoms with E-state index in [-0.39, 0.29) is 5.57 Å². The number of hydrogen-bond acceptors (Lipinski definition) is 4. The summed E-state index contributed by atoms with van der Waals surface area (Å²) in [7, 11) is 0. The number of aryl methyl sites for hydroxylation is 1. The molecule has 0 aliphatic rings. The summed E-state index contributed by atoms with van der Waals surface area (Å²) in [6.45, 7) is 2.70. The largest absolute Gasteiger partial charge is 0.389 e. The third-order valence-electron chi connectivity index (χ3n) is 4.36. The number of nitrogens with one attached hydrogen (secondary N) is 2. The van der Waals surface area contributed by atoms with Gasteiger partial charge in [-0.2, -0.15) is 5.26 Å². The van der Waals surface area contributed by atoms with Gasteiger partial charge in [-0.3, -0.25) is 4.79 Å². The number of hydrogen-bond donors (Lipinski definition) is 2. The molecule has 3 rings (SSSR count). The Morgan fingerprint density at radius 1 is 1.03 bits per heavy atom. The van der Waals surface area contributed by atoms with E-state index >= 15 is 0 Å². The van der Waals surface area contributed by atoms with Gasteiger partial charge in [-0.1, -0.05) is 71.9 Å². The Labute approximate surface area is 181 Å². The van der Waals surface area contributed by atoms with Crippen LogP contribution in [0.25, 0.3) is 0 Å². The second-order valence-corrected chi connectivity index (χ2v) is 7.84. The summed E-state index contributed by atoms with van der Waals surface area (Å²) >= 11 is 1.56. The Bertz CT molecular complexity index is 1070. The van der Waals surface area contributed by atoms with Crippen LogP contribution >= 0.6 is 11.8 Å². The predicted octanol–water partition coefficient (Wildman–Crippen LogP) is 5.32. The van der Waals surface area contributed by atoms with Crippen LogP contribution < -0.4 is 10.6 Å². The predicted molar refractivity (Wildman–Crippen MR) is 122 cm³/mol. The van der Waals surface area contributed by atoms with E-state index in [0.717, 1.165) is 16.2 Å². The average Bonchev–Trinajstić information content (AvgIpc) is 2.76. The molecule has 3 aromatic carbocycles. The molecule has 0 aliphatic heterocycles. The summed E-state index contributed by atoms with van der Waals surface area (Å²) < 4.78 is 0.